The third-order valence-electron chi connectivity index (χ3n) is 2.28. The van der Waals surface area contributed by atoms with Crippen LogP contribution in [0.25, 0.3) is 0 Å². The van der Waals surface area contributed by atoms with E-state index in [-0.39, 0.29) is 11.9 Å². The monoisotopic (exact) mass is 206 g/mol. The largest absolute Gasteiger partial charge is 0.350 e. The quantitative estimate of drug-likeness (QED) is 0.766. The highest BCUT2D eigenvalue weighted by molar-refractivity contribution is 5.76. The van der Waals surface area contributed by atoms with Crippen molar-refractivity contribution in [1.82, 2.24) is 10.6 Å². The molecule has 1 rings (SSSR count). The van der Waals surface area contributed by atoms with Crippen LogP contribution in [-0.2, 0) is 4.79 Å². The molecule has 0 saturated heterocycles. The Morgan fingerprint density at radius 2 is 2.00 bits per heavy atom. The Balaban J connectivity index is 2.42. The molecule has 0 heterocycles. The molecular weight excluding hydrogens is 188 g/mol. The summed E-state index contributed by atoms with van der Waals surface area (Å²) in [6.45, 7) is 2.71. The number of benzene rings is 1. The molecule has 2 N–H and O–H groups in total. The molecule has 1 amide bonds. The zero-order valence-electron chi connectivity index (χ0n) is 9.29. The van der Waals surface area contributed by atoms with Gasteiger partial charge in [-0.05, 0) is 19.5 Å². The zero-order chi connectivity index (χ0) is 11.1. The summed E-state index contributed by atoms with van der Waals surface area (Å²) in [5.74, 6) is 0.0840. The predicted octanol–water partition coefficient (Wildman–Crippen LogP) is 1.47. The van der Waals surface area contributed by atoms with Gasteiger partial charge in [0.1, 0.15) is 0 Å². The van der Waals surface area contributed by atoms with E-state index in [9.17, 15) is 4.79 Å². The van der Waals surface area contributed by atoms with Gasteiger partial charge in [0.15, 0.2) is 0 Å². The Labute approximate surface area is 90.9 Å². The maximum Gasteiger partial charge on any atom is 0.221 e. The fraction of sp³-hybridized carbons (Fsp3) is 0.417. The summed E-state index contributed by atoms with van der Waals surface area (Å²) in [4.78, 5) is 11.4. The first-order chi connectivity index (χ1) is 7.24. The molecule has 3 heteroatoms. The standard InChI is InChI=1S/C12H18N2O/c1-10(11-6-4-3-5-7-11)14-12(15)8-9-13-2/h3-7,10,13H,8-9H2,1-2H3,(H,14,15). The van der Waals surface area contributed by atoms with Crippen molar-refractivity contribution >= 4 is 5.91 Å². The predicted molar refractivity (Wildman–Crippen MR) is 61.5 cm³/mol. The van der Waals surface area contributed by atoms with E-state index in [4.69, 9.17) is 0 Å². The number of nitrogens with one attached hydrogen (secondary N) is 2. The van der Waals surface area contributed by atoms with E-state index < -0.39 is 0 Å². The number of amides is 1. The lowest BCUT2D eigenvalue weighted by atomic mass is 10.1. The van der Waals surface area contributed by atoms with E-state index >= 15 is 0 Å². The smallest absolute Gasteiger partial charge is 0.221 e. The van der Waals surface area contributed by atoms with Gasteiger partial charge < -0.3 is 10.6 Å². The lowest BCUT2D eigenvalue weighted by molar-refractivity contribution is -0.121. The van der Waals surface area contributed by atoms with Gasteiger partial charge in [0.05, 0.1) is 6.04 Å². The Kier molecular flexibility index (Phi) is 4.84. The van der Waals surface area contributed by atoms with Gasteiger partial charge in [-0.3, -0.25) is 4.79 Å². The van der Waals surface area contributed by atoms with Gasteiger partial charge in [-0.1, -0.05) is 30.3 Å². The summed E-state index contributed by atoms with van der Waals surface area (Å²) in [6.07, 6.45) is 0.522. The summed E-state index contributed by atoms with van der Waals surface area (Å²) >= 11 is 0. The van der Waals surface area contributed by atoms with Crippen LogP contribution in [0.15, 0.2) is 30.3 Å². The summed E-state index contributed by atoms with van der Waals surface area (Å²) in [6, 6.07) is 10.0. The van der Waals surface area contributed by atoms with Crippen LogP contribution in [-0.4, -0.2) is 19.5 Å². The van der Waals surface area contributed by atoms with Crippen molar-refractivity contribution < 1.29 is 4.79 Å². The van der Waals surface area contributed by atoms with Gasteiger partial charge in [-0.25, -0.2) is 0 Å². The summed E-state index contributed by atoms with van der Waals surface area (Å²) in [5.41, 5.74) is 1.13. The van der Waals surface area contributed by atoms with Crippen molar-refractivity contribution in [3.8, 4) is 0 Å². The van der Waals surface area contributed by atoms with E-state index in [1.54, 1.807) is 0 Å². The van der Waals surface area contributed by atoms with Crippen LogP contribution in [0.2, 0.25) is 0 Å². The fourth-order valence-electron chi connectivity index (χ4n) is 1.38. The third-order valence-corrected chi connectivity index (χ3v) is 2.28. The van der Waals surface area contributed by atoms with Crippen LogP contribution in [0.1, 0.15) is 24.9 Å². The summed E-state index contributed by atoms with van der Waals surface area (Å²) in [5, 5.41) is 5.90. The second-order valence-corrected chi connectivity index (χ2v) is 3.55. The summed E-state index contributed by atoms with van der Waals surface area (Å²) < 4.78 is 0. The van der Waals surface area contributed by atoms with Crippen molar-refractivity contribution in [2.24, 2.45) is 0 Å². The molecule has 0 aliphatic heterocycles. The lowest BCUT2D eigenvalue weighted by Crippen LogP contribution is -2.28. The molecule has 3 nitrogen and oxygen atoms in total. The van der Waals surface area contributed by atoms with Crippen LogP contribution in [0.5, 0.6) is 0 Å². The molecule has 1 aromatic carbocycles. The molecule has 1 atom stereocenters. The van der Waals surface area contributed by atoms with Gasteiger partial charge in [-0.2, -0.15) is 0 Å². The third kappa shape index (κ3) is 4.13. The van der Waals surface area contributed by atoms with Crippen LogP contribution in [0.3, 0.4) is 0 Å². The SMILES string of the molecule is CNCCC(=O)NC(C)c1ccccc1. The lowest BCUT2D eigenvalue weighted by Gasteiger charge is -2.13. The van der Waals surface area contributed by atoms with E-state index in [2.05, 4.69) is 10.6 Å². The molecule has 0 saturated carbocycles. The highest BCUT2D eigenvalue weighted by Crippen LogP contribution is 2.10. The van der Waals surface area contributed by atoms with Crippen LogP contribution in [0, 0.1) is 0 Å². The highest BCUT2D eigenvalue weighted by atomic mass is 16.1. The number of carbonyl (C=O) groups is 1. The zero-order valence-corrected chi connectivity index (χ0v) is 9.29. The Morgan fingerprint density at radius 1 is 1.33 bits per heavy atom. The molecule has 0 aliphatic rings. The molecule has 0 aromatic heterocycles. The molecule has 0 spiro atoms. The van der Waals surface area contributed by atoms with Crippen molar-refractivity contribution in [1.29, 1.82) is 0 Å². The number of hydrogen-bond acceptors (Lipinski definition) is 2. The minimum absolute atomic E-state index is 0.0792. The number of hydrogen-bond donors (Lipinski definition) is 2. The Morgan fingerprint density at radius 3 is 2.60 bits per heavy atom. The fourth-order valence-corrected chi connectivity index (χ4v) is 1.38. The first-order valence-electron chi connectivity index (χ1n) is 5.23. The molecule has 0 aliphatic carbocycles. The molecular formula is C12H18N2O. The first kappa shape index (κ1) is 11.7. The van der Waals surface area contributed by atoms with Gasteiger partial charge in [0, 0.05) is 13.0 Å². The van der Waals surface area contributed by atoms with E-state index in [0.717, 1.165) is 5.56 Å². The van der Waals surface area contributed by atoms with Crippen molar-refractivity contribution in [2.45, 2.75) is 19.4 Å². The first-order valence-corrected chi connectivity index (χ1v) is 5.23. The van der Waals surface area contributed by atoms with E-state index in [1.165, 1.54) is 0 Å². The minimum Gasteiger partial charge on any atom is -0.350 e. The molecule has 1 unspecified atom stereocenters. The Bertz CT molecular complexity index is 298. The van der Waals surface area contributed by atoms with Crippen molar-refractivity contribution in [3.63, 3.8) is 0 Å². The van der Waals surface area contributed by atoms with Gasteiger partial charge in [-0.15, -0.1) is 0 Å². The molecule has 15 heavy (non-hydrogen) atoms. The highest BCUT2D eigenvalue weighted by Gasteiger charge is 2.07. The topological polar surface area (TPSA) is 41.1 Å². The van der Waals surface area contributed by atoms with Crippen molar-refractivity contribution in [2.75, 3.05) is 13.6 Å². The molecule has 0 fully saturated rings. The molecule has 1 aromatic rings. The number of carbonyl (C=O) groups excluding carboxylic acids is 1. The summed E-state index contributed by atoms with van der Waals surface area (Å²) in [7, 11) is 1.84. The van der Waals surface area contributed by atoms with Gasteiger partial charge in [0.2, 0.25) is 5.91 Å². The van der Waals surface area contributed by atoms with E-state index in [1.807, 2.05) is 44.3 Å². The molecule has 82 valence electrons. The average Bonchev–Trinajstić information content (AvgIpc) is 2.27. The van der Waals surface area contributed by atoms with Crippen LogP contribution < -0.4 is 10.6 Å². The van der Waals surface area contributed by atoms with Crippen LogP contribution >= 0.6 is 0 Å². The number of rotatable bonds is 5. The van der Waals surface area contributed by atoms with E-state index in [0.29, 0.717) is 13.0 Å². The molecule has 0 radical (unpaired) electrons. The second kappa shape index (κ2) is 6.19. The minimum atomic E-state index is 0.0792. The second-order valence-electron chi connectivity index (χ2n) is 3.55. The Hall–Kier alpha value is -1.35. The molecule has 0 bridgehead atoms. The van der Waals surface area contributed by atoms with Crippen molar-refractivity contribution in [3.05, 3.63) is 35.9 Å². The van der Waals surface area contributed by atoms with Crippen LogP contribution in [0.4, 0.5) is 0 Å². The van der Waals surface area contributed by atoms with Gasteiger partial charge >= 0.3 is 0 Å². The average molecular weight is 206 g/mol. The maximum atomic E-state index is 11.4. The normalized spacial score (nSPS) is 12.1. The van der Waals surface area contributed by atoms with Gasteiger partial charge in [0.25, 0.3) is 0 Å². The maximum absolute atomic E-state index is 11.4.